The van der Waals surface area contributed by atoms with Gasteiger partial charge in [0.2, 0.25) is 11.8 Å². The molecule has 1 aliphatic carbocycles. The largest absolute Gasteiger partial charge is 0.404 e. The molecule has 5 atom stereocenters. The van der Waals surface area contributed by atoms with Gasteiger partial charge in [-0.2, -0.15) is 8.78 Å². The van der Waals surface area contributed by atoms with E-state index in [9.17, 15) is 28.5 Å². The second-order valence-electron chi connectivity index (χ2n) is 17.2. The van der Waals surface area contributed by atoms with Crippen LogP contribution >= 0.6 is 42.5 Å². The molecule has 338 valence electrons. The summed E-state index contributed by atoms with van der Waals surface area (Å²) in [5.41, 5.74) is -4.82. The van der Waals surface area contributed by atoms with Gasteiger partial charge in [-0.3, -0.25) is 28.5 Å². The van der Waals surface area contributed by atoms with Crippen molar-refractivity contribution < 1.29 is 46.4 Å². The normalized spacial score (nSPS) is 22.4. The molecule has 1 aromatic carbocycles. The van der Waals surface area contributed by atoms with Crippen molar-refractivity contribution in [3.8, 4) is 11.8 Å². The molecule has 5 heterocycles. The highest BCUT2D eigenvalue weighted by Gasteiger charge is 2.55. The van der Waals surface area contributed by atoms with Gasteiger partial charge in [-0.05, 0) is 67.2 Å². The Labute approximate surface area is 378 Å². The van der Waals surface area contributed by atoms with Crippen molar-refractivity contribution in [1.82, 2.24) is 25.1 Å². The van der Waals surface area contributed by atoms with Crippen LogP contribution in [0.1, 0.15) is 93.2 Å². The first-order chi connectivity index (χ1) is 30.0. The number of likely N-dealkylation sites (tertiary alicyclic amines) is 1. The number of halogens is 2. The number of nitrogens with one attached hydrogen (secondary N) is 1. The Morgan fingerprint density at radius 3 is 2.16 bits per heavy atom. The molecule has 3 amide bonds. The number of amides is 3. The van der Waals surface area contributed by atoms with E-state index >= 15 is 8.78 Å². The predicted molar refractivity (Wildman–Crippen MR) is 239 cm³/mol. The van der Waals surface area contributed by atoms with Gasteiger partial charge >= 0.3 is 13.3 Å². The Morgan fingerprint density at radius 2 is 1.56 bits per heavy atom. The smallest absolute Gasteiger partial charge is 0.339 e. The van der Waals surface area contributed by atoms with Gasteiger partial charge in [-0.15, -0.1) is 11.3 Å². The van der Waals surface area contributed by atoms with Crippen molar-refractivity contribution >= 4 is 80.5 Å². The van der Waals surface area contributed by atoms with Crippen molar-refractivity contribution in [1.29, 1.82) is 0 Å². The number of thiophene rings is 1. The number of benzene rings is 1. The van der Waals surface area contributed by atoms with Gasteiger partial charge < -0.3 is 24.2 Å². The number of thioether (sulfide) groups is 2. The molecule has 63 heavy (non-hydrogen) atoms. The number of aromatic nitrogens is 2. The van der Waals surface area contributed by atoms with Crippen LogP contribution in [0.3, 0.4) is 0 Å². The number of rotatable bonds is 18. The minimum absolute atomic E-state index is 0.0189. The molecule has 19 heteroatoms. The molecule has 3 aromatic rings. The zero-order valence-corrected chi connectivity index (χ0v) is 39.0. The van der Waals surface area contributed by atoms with Gasteiger partial charge in [0, 0.05) is 78.0 Å². The van der Waals surface area contributed by atoms with E-state index in [-0.39, 0.29) is 98.7 Å². The monoisotopic (exact) mass is 943 g/mol. The van der Waals surface area contributed by atoms with Crippen LogP contribution in [0.4, 0.5) is 8.78 Å². The minimum Gasteiger partial charge on any atom is -0.339 e. The van der Waals surface area contributed by atoms with Crippen molar-refractivity contribution in [2.24, 2.45) is 23.7 Å². The number of alkyl halides is 2. The Bertz CT molecular complexity index is 2280. The Morgan fingerprint density at radius 1 is 0.937 bits per heavy atom. The van der Waals surface area contributed by atoms with Gasteiger partial charge in [-0.25, -0.2) is 9.97 Å². The van der Waals surface area contributed by atoms with E-state index in [1.165, 1.54) is 12.1 Å². The van der Waals surface area contributed by atoms with Crippen LogP contribution in [0, 0.1) is 35.5 Å². The number of carbonyl (C=O) groups excluding carboxylic acids is 5. The zero-order valence-electron chi connectivity index (χ0n) is 35.6. The molecule has 0 bridgehead atoms. The molecule has 7 rings (SSSR count). The number of nitrogens with zero attached hydrogens (tertiary/aromatic N) is 4. The van der Waals surface area contributed by atoms with E-state index < -0.39 is 50.0 Å². The molecular weight excluding hydrogens is 892 g/mol. The van der Waals surface area contributed by atoms with Crippen LogP contribution < -0.4 is 5.32 Å². The molecule has 3 fully saturated rings. The van der Waals surface area contributed by atoms with Crippen LogP contribution in [0.2, 0.25) is 0 Å². The second-order valence-corrected chi connectivity index (χ2v) is 22.7. The third-order valence-electron chi connectivity index (χ3n) is 11.5. The van der Waals surface area contributed by atoms with Crippen molar-refractivity contribution in [3.05, 3.63) is 59.0 Å². The summed E-state index contributed by atoms with van der Waals surface area (Å²) in [7, 11) is -5.24. The standard InChI is InChI=1S/C44H52F2N5O8PS3/c1-26(2)18-38(52)61-16-14-58-60(57,59-15-17-62-39(53)19-27(3)4)44(45,46)32-8-11-36-30(20-32)23-37(63-36)41(54)49-34-22-29-7-6-28(29)21-33-9-10-35(51(33)42(34)55)43(56)50-24-31(25-50)40-47-12-5-13-48-40/h5,8,11-13,20,23,26-29,31,33-35H,9-10,14-19,21-22,24-25H2,1-4H3,(H,49,54)/t28-,29+,33+,34-,35-/m0/s1. The highest BCUT2D eigenvalue weighted by atomic mass is 32.2. The maximum atomic E-state index is 16.5. The Balaban J connectivity index is 1.05. The summed E-state index contributed by atoms with van der Waals surface area (Å²) < 4.78 is 58.1. The number of carbonyl (C=O) groups is 5. The number of hydrogen-bond acceptors (Lipinski definition) is 13. The summed E-state index contributed by atoms with van der Waals surface area (Å²) in [6.45, 7) is 7.55. The number of hydrogen-bond donors (Lipinski definition) is 1. The molecule has 0 saturated carbocycles. The zero-order chi connectivity index (χ0) is 45.1. The first kappa shape index (κ1) is 47.2. The lowest BCUT2D eigenvalue weighted by molar-refractivity contribution is -0.150. The quantitative estimate of drug-likeness (QED) is 0.0752. The average molecular weight is 944 g/mol. The molecular formula is C44H52F2N5O8PS3. The fourth-order valence-electron chi connectivity index (χ4n) is 8.30. The molecule has 4 aliphatic rings. The van der Waals surface area contributed by atoms with E-state index in [4.69, 9.17) is 9.05 Å². The fourth-order valence-corrected chi connectivity index (χ4v) is 12.7. The molecule has 0 unspecified atom stereocenters. The van der Waals surface area contributed by atoms with Gasteiger partial charge in [0.1, 0.15) is 17.9 Å². The molecule has 3 aliphatic heterocycles. The molecule has 0 radical (unpaired) electrons. The maximum absolute atomic E-state index is 16.5. The summed E-state index contributed by atoms with van der Waals surface area (Å²) in [4.78, 5) is 78.9. The maximum Gasteiger partial charge on any atom is 0.404 e. The summed E-state index contributed by atoms with van der Waals surface area (Å²) in [5.74, 6) is 6.13. The minimum atomic E-state index is -5.24. The van der Waals surface area contributed by atoms with Gasteiger partial charge in [0.05, 0.1) is 24.0 Å². The average Bonchev–Trinajstić information content (AvgIpc) is 3.84. The van der Waals surface area contributed by atoms with Crippen LogP contribution in [0.15, 0.2) is 42.7 Å². The van der Waals surface area contributed by atoms with Gasteiger partial charge in [-0.1, -0.05) is 69.1 Å². The summed E-state index contributed by atoms with van der Waals surface area (Å²) >= 11 is 2.86. The topological polar surface area (TPSA) is 165 Å². The predicted octanol–water partition coefficient (Wildman–Crippen LogP) is 7.71. The third kappa shape index (κ3) is 10.9. The third-order valence-corrected chi connectivity index (χ3v) is 16.4. The van der Waals surface area contributed by atoms with Gasteiger partial charge in [0.25, 0.3) is 5.91 Å². The highest BCUT2D eigenvalue weighted by Crippen LogP contribution is 2.67. The van der Waals surface area contributed by atoms with E-state index in [2.05, 4.69) is 27.1 Å². The van der Waals surface area contributed by atoms with E-state index in [0.717, 1.165) is 47.0 Å². The van der Waals surface area contributed by atoms with Gasteiger partial charge in [0.15, 0.2) is 10.2 Å². The molecule has 13 nitrogen and oxygen atoms in total. The SMILES string of the molecule is CC(C)CC(=O)SCCOP(=O)(OCCSC(=O)CC(C)C)C(F)(F)c1ccc2sc(C(=O)N[C@H]3C[C@H]4C#C[C@H]4C[C@H]4CC[C@@H](C(=O)N5CC(c6ncccn6)C5)N4C3=O)cc2c1. The molecule has 1 N–H and O–H groups in total. The lowest BCUT2D eigenvalue weighted by Crippen LogP contribution is -2.60. The Kier molecular flexibility index (Phi) is 15.2. The second kappa shape index (κ2) is 20.2. The van der Waals surface area contributed by atoms with Crippen LogP contribution in [-0.2, 0) is 38.5 Å². The van der Waals surface area contributed by atoms with E-state index in [1.807, 2.05) is 27.7 Å². The first-order valence-corrected chi connectivity index (χ1v) is 25.7. The lowest BCUT2D eigenvalue weighted by atomic mass is 9.75. The van der Waals surface area contributed by atoms with E-state index in [1.54, 1.807) is 28.3 Å². The summed E-state index contributed by atoms with van der Waals surface area (Å²) in [6.07, 6.45) is 6.00. The fraction of sp³-hybridized carbons (Fsp3) is 0.568. The summed E-state index contributed by atoms with van der Waals surface area (Å²) in [5, 5.41) is 2.89. The molecule has 0 spiro atoms. The van der Waals surface area contributed by atoms with Crippen molar-refractivity contribution in [3.63, 3.8) is 0 Å². The number of fused-ring (bicyclic) bond motifs is 3. The lowest BCUT2D eigenvalue weighted by Gasteiger charge is -2.43. The van der Waals surface area contributed by atoms with E-state index in [0.29, 0.717) is 42.9 Å². The van der Waals surface area contributed by atoms with Crippen molar-refractivity contribution in [2.45, 2.75) is 95.9 Å². The highest BCUT2D eigenvalue weighted by molar-refractivity contribution is 8.13. The van der Waals surface area contributed by atoms with Crippen LogP contribution in [0.5, 0.6) is 0 Å². The van der Waals surface area contributed by atoms with Crippen molar-refractivity contribution in [2.75, 3.05) is 37.8 Å². The summed E-state index contributed by atoms with van der Waals surface area (Å²) in [6, 6.07) is 4.97. The van der Waals surface area contributed by atoms with Crippen LogP contribution in [-0.4, -0.2) is 104 Å². The Hall–Kier alpha value is -3.72. The molecule has 3 saturated heterocycles. The molecule has 2 aromatic heterocycles. The van der Waals surface area contributed by atoms with Crippen LogP contribution in [0.25, 0.3) is 10.1 Å². The first-order valence-electron chi connectivity index (χ1n) is 21.3.